The van der Waals surface area contributed by atoms with Crippen LogP contribution in [0.4, 0.5) is 0 Å². The third kappa shape index (κ3) is 3.86. The third-order valence-corrected chi connectivity index (χ3v) is 4.13. The summed E-state index contributed by atoms with van der Waals surface area (Å²) in [6, 6.07) is 11.2. The lowest BCUT2D eigenvalue weighted by molar-refractivity contribution is 0.318. The van der Waals surface area contributed by atoms with Crippen LogP contribution in [0.5, 0.6) is 11.5 Å². The number of ether oxygens (including phenoxy) is 1. The van der Waals surface area contributed by atoms with Gasteiger partial charge in [0, 0.05) is 10.9 Å². The predicted molar refractivity (Wildman–Crippen MR) is 91.2 cm³/mol. The number of phenolic OH excluding ortho intramolecular Hbond substituents is 1. The van der Waals surface area contributed by atoms with Crippen LogP contribution in [0.15, 0.2) is 36.4 Å². The topological polar surface area (TPSA) is 55.5 Å². The van der Waals surface area contributed by atoms with Crippen molar-refractivity contribution in [1.29, 1.82) is 0 Å². The van der Waals surface area contributed by atoms with Crippen LogP contribution >= 0.6 is 23.2 Å². The fourth-order valence-corrected chi connectivity index (χ4v) is 2.94. The van der Waals surface area contributed by atoms with E-state index in [1.165, 1.54) is 0 Å². The van der Waals surface area contributed by atoms with Crippen molar-refractivity contribution >= 4 is 23.2 Å². The van der Waals surface area contributed by atoms with Crippen LogP contribution in [0.1, 0.15) is 24.0 Å². The van der Waals surface area contributed by atoms with Crippen LogP contribution in [0.25, 0.3) is 0 Å². The van der Waals surface area contributed by atoms with Crippen molar-refractivity contribution in [3.8, 4) is 11.5 Å². The number of benzene rings is 2. The minimum atomic E-state index is -0.0330. The second kappa shape index (κ2) is 7.73. The maximum Gasteiger partial charge on any atom is 0.176 e. The first-order valence-electron chi connectivity index (χ1n) is 7.15. The van der Waals surface area contributed by atoms with Crippen LogP contribution in [0, 0.1) is 0 Å². The molecule has 0 aliphatic rings. The molecule has 0 radical (unpaired) electrons. The first kappa shape index (κ1) is 16.9. The van der Waals surface area contributed by atoms with Crippen molar-refractivity contribution in [2.75, 3.05) is 13.2 Å². The molecule has 0 heterocycles. The smallest absolute Gasteiger partial charge is 0.176 e. The molecule has 0 amide bonds. The normalized spacial score (nSPS) is 12.2. The van der Waals surface area contributed by atoms with Crippen molar-refractivity contribution in [3.05, 3.63) is 57.6 Å². The highest BCUT2D eigenvalue weighted by Crippen LogP contribution is 2.37. The Bertz CT molecular complexity index is 647. The number of rotatable bonds is 6. The monoisotopic (exact) mass is 339 g/mol. The van der Waals surface area contributed by atoms with Gasteiger partial charge in [-0.25, -0.2) is 0 Å². The van der Waals surface area contributed by atoms with Gasteiger partial charge in [0.1, 0.15) is 0 Å². The van der Waals surface area contributed by atoms with Gasteiger partial charge in [-0.3, -0.25) is 0 Å². The Labute approximate surface area is 140 Å². The summed E-state index contributed by atoms with van der Waals surface area (Å²) in [5.74, 6) is 0.429. The van der Waals surface area contributed by atoms with Crippen molar-refractivity contribution in [2.24, 2.45) is 5.73 Å². The molecular weight excluding hydrogens is 321 g/mol. The van der Waals surface area contributed by atoms with Crippen molar-refractivity contribution in [2.45, 2.75) is 19.3 Å². The highest BCUT2D eigenvalue weighted by atomic mass is 35.5. The molecule has 0 aliphatic heterocycles. The zero-order valence-corrected chi connectivity index (χ0v) is 13.9. The van der Waals surface area contributed by atoms with Crippen LogP contribution in [-0.4, -0.2) is 18.3 Å². The third-order valence-electron chi connectivity index (χ3n) is 3.50. The van der Waals surface area contributed by atoms with Gasteiger partial charge in [-0.1, -0.05) is 41.4 Å². The molecule has 2 aromatic carbocycles. The lowest BCUT2D eigenvalue weighted by Crippen LogP contribution is -2.15. The standard InChI is InChI=1S/C17H19Cl2NO2/c1-2-22-16-9-11(8-15(19)17(16)21)7-12(10-20)13-5-3-4-6-14(13)18/h3-6,8-9,12,21H,2,7,10,20H2,1H3. The summed E-state index contributed by atoms with van der Waals surface area (Å²) >= 11 is 12.3. The predicted octanol–water partition coefficient (Wildman–Crippen LogP) is 4.38. The SMILES string of the molecule is CCOc1cc(CC(CN)c2ccccc2Cl)cc(Cl)c1O. The van der Waals surface area contributed by atoms with E-state index in [4.69, 9.17) is 33.7 Å². The van der Waals surface area contributed by atoms with E-state index in [-0.39, 0.29) is 16.7 Å². The minimum absolute atomic E-state index is 0.0330. The zero-order valence-electron chi connectivity index (χ0n) is 12.4. The van der Waals surface area contributed by atoms with Gasteiger partial charge in [0.05, 0.1) is 11.6 Å². The molecule has 22 heavy (non-hydrogen) atoms. The second-order valence-corrected chi connectivity index (χ2v) is 5.83. The van der Waals surface area contributed by atoms with Gasteiger partial charge < -0.3 is 15.6 Å². The zero-order chi connectivity index (χ0) is 16.1. The van der Waals surface area contributed by atoms with Gasteiger partial charge in [-0.05, 0) is 49.2 Å². The lowest BCUT2D eigenvalue weighted by atomic mass is 9.92. The minimum Gasteiger partial charge on any atom is -0.503 e. The summed E-state index contributed by atoms with van der Waals surface area (Å²) in [6.07, 6.45) is 0.667. The van der Waals surface area contributed by atoms with E-state index in [1.807, 2.05) is 31.2 Å². The Hall–Kier alpha value is -1.42. The average Bonchev–Trinajstić information content (AvgIpc) is 2.51. The Kier molecular flexibility index (Phi) is 5.95. The van der Waals surface area contributed by atoms with Gasteiger partial charge in [-0.15, -0.1) is 0 Å². The molecule has 0 bridgehead atoms. The summed E-state index contributed by atoms with van der Waals surface area (Å²) in [7, 11) is 0. The number of hydrogen-bond acceptors (Lipinski definition) is 3. The van der Waals surface area contributed by atoms with Crippen LogP contribution < -0.4 is 10.5 Å². The average molecular weight is 340 g/mol. The van der Waals surface area contributed by atoms with Gasteiger partial charge in [-0.2, -0.15) is 0 Å². The molecule has 0 saturated carbocycles. The number of phenols is 1. The maximum absolute atomic E-state index is 9.90. The first-order valence-corrected chi connectivity index (χ1v) is 7.91. The molecule has 3 nitrogen and oxygen atoms in total. The van der Waals surface area contributed by atoms with Gasteiger partial charge in [0.15, 0.2) is 11.5 Å². The summed E-state index contributed by atoms with van der Waals surface area (Å²) in [4.78, 5) is 0. The van der Waals surface area contributed by atoms with Crippen LogP contribution in [0.3, 0.4) is 0 Å². The van der Waals surface area contributed by atoms with E-state index in [1.54, 1.807) is 12.1 Å². The van der Waals surface area contributed by atoms with Crippen LogP contribution in [-0.2, 0) is 6.42 Å². The molecule has 118 valence electrons. The van der Waals surface area contributed by atoms with Gasteiger partial charge in [0.25, 0.3) is 0 Å². The Balaban J connectivity index is 2.30. The first-order chi connectivity index (χ1) is 10.6. The van der Waals surface area contributed by atoms with Crippen LogP contribution in [0.2, 0.25) is 10.0 Å². The number of halogens is 2. The number of aromatic hydroxyl groups is 1. The second-order valence-electron chi connectivity index (χ2n) is 5.02. The number of hydrogen-bond donors (Lipinski definition) is 2. The van der Waals surface area contributed by atoms with Gasteiger partial charge in [0.2, 0.25) is 0 Å². The van der Waals surface area contributed by atoms with Gasteiger partial charge >= 0.3 is 0 Å². The van der Waals surface area contributed by atoms with Crippen molar-refractivity contribution in [3.63, 3.8) is 0 Å². The fourth-order valence-electron chi connectivity index (χ4n) is 2.42. The van der Waals surface area contributed by atoms with Crippen molar-refractivity contribution < 1.29 is 9.84 Å². The van der Waals surface area contributed by atoms with Crippen molar-refractivity contribution in [1.82, 2.24) is 0 Å². The molecule has 0 spiro atoms. The van der Waals surface area contributed by atoms with E-state index >= 15 is 0 Å². The fraction of sp³-hybridized carbons (Fsp3) is 0.294. The Morgan fingerprint density at radius 3 is 2.55 bits per heavy atom. The highest BCUT2D eigenvalue weighted by Gasteiger charge is 2.16. The summed E-state index contributed by atoms with van der Waals surface area (Å²) < 4.78 is 5.41. The maximum atomic E-state index is 9.90. The molecule has 2 aromatic rings. The summed E-state index contributed by atoms with van der Waals surface area (Å²) in [6.45, 7) is 2.77. The molecule has 2 rings (SSSR count). The number of nitrogens with two attached hydrogens (primary N) is 1. The summed E-state index contributed by atoms with van der Waals surface area (Å²) in [5.41, 5.74) is 7.87. The largest absolute Gasteiger partial charge is 0.503 e. The van der Waals surface area contributed by atoms with E-state index in [2.05, 4.69) is 0 Å². The molecule has 1 atom stereocenters. The highest BCUT2D eigenvalue weighted by molar-refractivity contribution is 6.32. The Morgan fingerprint density at radius 1 is 1.18 bits per heavy atom. The van der Waals surface area contributed by atoms with E-state index in [0.29, 0.717) is 30.3 Å². The molecule has 0 aromatic heterocycles. The molecule has 0 saturated heterocycles. The lowest BCUT2D eigenvalue weighted by Gasteiger charge is -2.18. The van der Waals surface area contributed by atoms with E-state index in [0.717, 1.165) is 11.1 Å². The van der Waals surface area contributed by atoms with E-state index < -0.39 is 0 Å². The quantitative estimate of drug-likeness (QED) is 0.820. The molecular formula is C17H19Cl2NO2. The molecule has 5 heteroatoms. The Morgan fingerprint density at radius 2 is 1.91 bits per heavy atom. The molecule has 0 aliphatic carbocycles. The molecule has 1 unspecified atom stereocenters. The molecule has 0 fully saturated rings. The molecule has 3 N–H and O–H groups in total. The van der Waals surface area contributed by atoms with E-state index in [9.17, 15) is 5.11 Å². The summed E-state index contributed by atoms with van der Waals surface area (Å²) in [5, 5.41) is 10.9.